The van der Waals surface area contributed by atoms with Crippen LogP contribution >= 0.6 is 0 Å². The Labute approximate surface area is 135 Å². The third kappa shape index (κ3) is 2.46. The van der Waals surface area contributed by atoms with Crippen molar-refractivity contribution < 1.29 is 19.1 Å². The van der Waals surface area contributed by atoms with Crippen LogP contribution in [0.1, 0.15) is 72.1 Å². The highest BCUT2D eigenvalue weighted by Gasteiger charge is 2.51. The summed E-state index contributed by atoms with van der Waals surface area (Å²) in [6.07, 6.45) is 7.62. The van der Waals surface area contributed by atoms with Gasteiger partial charge in [-0.05, 0) is 56.3 Å². The topological polar surface area (TPSA) is 79.5 Å². The normalized spacial score (nSPS) is 34.6. The average Bonchev–Trinajstić information content (AvgIpc) is 2.89. The minimum absolute atomic E-state index is 0.0889. The van der Waals surface area contributed by atoms with Gasteiger partial charge in [-0.2, -0.15) is 0 Å². The molecule has 0 radical (unpaired) electrons. The fraction of sp³-hybridized carbons (Fsp3) is 0.667. The SMILES string of the molecule is CCc1oc(C(=O)NC23CC4CC(CC(C4)C2)C3)cc1C(=O)O. The van der Waals surface area contributed by atoms with Crippen LogP contribution in [0.2, 0.25) is 0 Å². The first-order valence-electron chi connectivity index (χ1n) is 8.66. The lowest BCUT2D eigenvalue weighted by molar-refractivity contribution is -0.0171. The second kappa shape index (κ2) is 5.11. The number of carboxylic acids is 1. The van der Waals surface area contributed by atoms with Gasteiger partial charge in [0, 0.05) is 18.0 Å². The van der Waals surface area contributed by atoms with Crippen LogP contribution in [0.25, 0.3) is 0 Å². The van der Waals surface area contributed by atoms with E-state index in [4.69, 9.17) is 4.42 Å². The molecule has 4 fully saturated rings. The lowest BCUT2D eigenvalue weighted by atomic mass is 9.53. The van der Waals surface area contributed by atoms with Gasteiger partial charge in [0.25, 0.3) is 5.91 Å². The van der Waals surface area contributed by atoms with Crippen molar-refractivity contribution in [3.8, 4) is 0 Å². The Bertz CT molecular complexity index is 625. The molecule has 0 atom stereocenters. The van der Waals surface area contributed by atoms with Crippen molar-refractivity contribution in [1.82, 2.24) is 5.32 Å². The number of carbonyl (C=O) groups excluding carboxylic acids is 1. The molecule has 4 aliphatic carbocycles. The van der Waals surface area contributed by atoms with Gasteiger partial charge in [0.2, 0.25) is 0 Å². The zero-order valence-corrected chi connectivity index (χ0v) is 13.4. The van der Waals surface area contributed by atoms with Crippen molar-refractivity contribution >= 4 is 11.9 Å². The first-order chi connectivity index (χ1) is 11.0. The van der Waals surface area contributed by atoms with E-state index in [-0.39, 0.29) is 22.8 Å². The van der Waals surface area contributed by atoms with Crippen molar-refractivity contribution in [3.05, 3.63) is 23.2 Å². The highest BCUT2D eigenvalue weighted by Crippen LogP contribution is 2.55. The van der Waals surface area contributed by atoms with Crippen molar-refractivity contribution in [1.29, 1.82) is 0 Å². The fourth-order valence-electron chi connectivity index (χ4n) is 5.55. The van der Waals surface area contributed by atoms with E-state index in [1.165, 1.54) is 25.3 Å². The second-order valence-corrected chi connectivity index (χ2v) is 7.76. The van der Waals surface area contributed by atoms with E-state index in [0.717, 1.165) is 37.0 Å². The summed E-state index contributed by atoms with van der Waals surface area (Å²) in [4.78, 5) is 23.9. The highest BCUT2D eigenvalue weighted by molar-refractivity contribution is 5.96. The monoisotopic (exact) mass is 317 g/mol. The van der Waals surface area contributed by atoms with E-state index in [9.17, 15) is 14.7 Å². The summed E-state index contributed by atoms with van der Waals surface area (Å²) >= 11 is 0. The molecule has 5 heteroatoms. The number of aromatic carboxylic acids is 1. The molecule has 1 amide bonds. The predicted molar refractivity (Wildman–Crippen MR) is 83.4 cm³/mol. The molecule has 4 saturated carbocycles. The highest BCUT2D eigenvalue weighted by atomic mass is 16.4. The summed E-state index contributed by atoms with van der Waals surface area (Å²) in [6.45, 7) is 1.83. The minimum atomic E-state index is -1.04. The van der Waals surface area contributed by atoms with Gasteiger partial charge >= 0.3 is 5.97 Å². The van der Waals surface area contributed by atoms with E-state index >= 15 is 0 Å². The molecule has 5 rings (SSSR count). The Morgan fingerprint density at radius 2 is 1.78 bits per heavy atom. The van der Waals surface area contributed by atoms with Gasteiger partial charge < -0.3 is 14.8 Å². The average molecular weight is 317 g/mol. The third-order valence-electron chi connectivity index (χ3n) is 6.00. The van der Waals surface area contributed by atoms with E-state index in [1.54, 1.807) is 0 Å². The third-order valence-corrected chi connectivity index (χ3v) is 6.00. The molecule has 4 bridgehead atoms. The zero-order chi connectivity index (χ0) is 16.2. The van der Waals surface area contributed by atoms with Crippen LogP contribution < -0.4 is 5.32 Å². The maximum Gasteiger partial charge on any atom is 0.339 e. The Hall–Kier alpha value is -1.78. The molecule has 124 valence electrons. The van der Waals surface area contributed by atoms with Crippen LogP contribution in [0, 0.1) is 17.8 Å². The largest absolute Gasteiger partial charge is 0.478 e. The summed E-state index contributed by atoms with van der Waals surface area (Å²) in [5.41, 5.74) is 0.0112. The molecule has 0 unspecified atom stereocenters. The maximum atomic E-state index is 12.6. The van der Waals surface area contributed by atoms with Gasteiger partial charge in [0.05, 0.1) is 0 Å². The molecular formula is C18H23NO4. The van der Waals surface area contributed by atoms with E-state index in [2.05, 4.69) is 5.32 Å². The molecule has 2 N–H and O–H groups in total. The quantitative estimate of drug-likeness (QED) is 0.893. The maximum absolute atomic E-state index is 12.6. The van der Waals surface area contributed by atoms with Gasteiger partial charge in [-0.25, -0.2) is 4.79 Å². The molecular weight excluding hydrogens is 294 g/mol. The van der Waals surface area contributed by atoms with Gasteiger partial charge in [-0.3, -0.25) is 4.79 Å². The second-order valence-electron chi connectivity index (χ2n) is 7.76. The molecule has 0 saturated heterocycles. The molecule has 1 aromatic heterocycles. The Balaban J connectivity index is 1.55. The summed E-state index contributed by atoms with van der Waals surface area (Å²) in [5.74, 6) is 1.45. The molecule has 0 aliphatic heterocycles. The predicted octanol–water partition coefficient (Wildman–Crippen LogP) is 3.24. The van der Waals surface area contributed by atoms with Crippen LogP contribution in [0.5, 0.6) is 0 Å². The number of amides is 1. The number of nitrogens with one attached hydrogen (secondary N) is 1. The summed E-state index contributed by atoms with van der Waals surface area (Å²) in [6, 6.07) is 1.37. The molecule has 4 aliphatic rings. The standard InChI is InChI=1S/C18H23NO4/c1-2-14-13(17(21)22)6-15(23-14)16(20)19-18-7-10-3-11(8-18)5-12(4-10)9-18/h6,10-12H,2-5,7-9H2,1H3,(H,19,20)(H,21,22). The Morgan fingerprint density at radius 3 is 2.22 bits per heavy atom. The number of aryl methyl sites for hydroxylation is 1. The van der Waals surface area contributed by atoms with E-state index in [0.29, 0.717) is 12.2 Å². The molecule has 1 heterocycles. The van der Waals surface area contributed by atoms with Gasteiger partial charge in [-0.1, -0.05) is 6.92 Å². The molecule has 1 aromatic rings. The number of furan rings is 1. The minimum Gasteiger partial charge on any atom is -0.478 e. The lowest BCUT2D eigenvalue weighted by Gasteiger charge is -2.56. The Morgan fingerprint density at radius 1 is 1.22 bits per heavy atom. The van der Waals surface area contributed by atoms with Crippen LogP contribution in [-0.4, -0.2) is 22.5 Å². The molecule has 5 nitrogen and oxygen atoms in total. The number of hydrogen-bond acceptors (Lipinski definition) is 3. The molecule has 0 aromatic carbocycles. The smallest absolute Gasteiger partial charge is 0.339 e. The summed E-state index contributed by atoms with van der Waals surface area (Å²) in [5, 5.41) is 12.4. The van der Waals surface area contributed by atoms with Gasteiger partial charge in [0.1, 0.15) is 11.3 Å². The number of carbonyl (C=O) groups is 2. The van der Waals surface area contributed by atoms with E-state index in [1.807, 2.05) is 6.92 Å². The van der Waals surface area contributed by atoms with E-state index < -0.39 is 5.97 Å². The summed E-state index contributed by atoms with van der Waals surface area (Å²) in [7, 11) is 0. The Kier molecular flexibility index (Phi) is 3.29. The number of rotatable bonds is 4. The lowest BCUT2D eigenvalue weighted by Crippen LogP contribution is -2.59. The van der Waals surface area contributed by atoms with Crippen LogP contribution in [-0.2, 0) is 6.42 Å². The van der Waals surface area contributed by atoms with Gasteiger partial charge in [-0.15, -0.1) is 0 Å². The van der Waals surface area contributed by atoms with Crippen LogP contribution in [0.3, 0.4) is 0 Å². The van der Waals surface area contributed by atoms with Crippen LogP contribution in [0.4, 0.5) is 0 Å². The van der Waals surface area contributed by atoms with Crippen molar-refractivity contribution in [2.24, 2.45) is 17.8 Å². The molecule has 23 heavy (non-hydrogen) atoms. The van der Waals surface area contributed by atoms with Crippen molar-refractivity contribution in [3.63, 3.8) is 0 Å². The zero-order valence-electron chi connectivity index (χ0n) is 13.4. The van der Waals surface area contributed by atoms with Crippen molar-refractivity contribution in [2.45, 2.75) is 57.4 Å². The van der Waals surface area contributed by atoms with Gasteiger partial charge in [0.15, 0.2) is 5.76 Å². The fourth-order valence-corrected chi connectivity index (χ4v) is 5.55. The number of carboxylic acid groups (broad SMARTS) is 1. The first-order valence-corrected chi connectivity index (χ1v) is 8.66. The molecule has 0 spiro atoms. The van der Waals surface area contributed by atoms with Crippen molar-refractivity contribution in [2.75, 3.05) is 0 Å². The first kappa shape index (κ1) is 14.8. The van der Waals surface area contributed by atoms with Crippen LogP contribution in [0.15, 0.2) is 10.5 Å². The number of hydrogen-bond donors (Lipinski definition) is 2. The summed E-state index contributed by atoms with van der Waals surface area (Å²) < 4.78 is 5.51.